The highest BCUT2D eigenvalue weighted by molar-refractivity contribution is 7.92. The highest BCUT2D eigenvalue weighted by Gasteiger charge is 2.19. The molecule has 3 aromatic rings. The zero-order chi connectivity index (χ0) is 23.3. The van der Waals surface area contributed by atoms with E-state index in [4.69, 9.17) is 11.6 Å². The molecule has 0 fully saturated rings. The summed E-state index contributed by atoms with van der Waals surface area (Å²) in [6.07, 6.45) is 1.12. The standard InChI is InChI=1S/C23H22ClN3O4S/c1-16(28)25-19-9-11-20(12-10-19)26-23(29)17-7-13-21(14-8-17)27(32(2,30)31)15-18-5-3-4-6-22(18)24/h3-14H,15H2,1-2H3,(H,25,28)(H,26,29). The summed E-state index contributed by atoms with van der Waals surface area (Å²) in [5, 5.41) is 5.89. The fourth-order valence-corrected chi connectivity index (χ4v) is 4.08. The first-order valence-corrected chi connectivity index (χ1v) is 11.9. The maximum atomic E-state index is 12.6. The van der Waals surface area contributed by atoms with Gasteiger partial charge in [-0.1, -0.05) is 29.8 Å². The molecule has 0 spiro atoms. The Morgan fingerprint density at radius 2 is 1.44 bits per heavy atom. The molecule has 0 bridgehead atoms. The van der Waals surface area contributed by atoms with Gasteiger partial charge in [-0.3, -0.25) is 13.9 Å². The summed E-state index contributed by atoms with van der Waals surface area (Å²) in [7, 11) is -3.58. The number of nitrogens with zero attached hydrogens (tertiary/aromatic N) is 1. The second-order valence-corrected chi connectivity index (χ2v) is 9.43. The van der Waals surface area contributed by atoms with Crippen molar-refractivity contribution in [3.05, 3.63) is 88.9 Å². The number of benzene rings is 3. The quantitative estimate of drug-likeness (QED) is 0.529. The van der Waals surface area contributed by atoms with Crippen LogP contribution in [0.15, 0.2) is 72.8 Å². The maximum absolute atomic E-state index is 12.6. The largest absolute Gasteiger partial charge is 0.326 e. The van der Waals surface area contributed by atoms with Crippen LogP contribution in [0.25, 0.3) is 0 Å². The Hall–Kier alpha value is -3.36. The lowest BCUT2D eigenvalue weighted by molar-refractivity contribution is -0.114. The molecule has 9 heteroatoms. The normalized spacial score (nSPS) is 11.0. The fraction of sp³-hybridized carbons (Fsp3) is 0.130. The van der Waals surface area contributed by atoms with Crippen LogP contribution in [0.1, 0.15) is 22.8 Å². The molecule has 0 unspecified atom stereocenters. The van der Waals surface area contributed by atoms with Gasteiger partial charge in [0.25, 0.3) is 5.91 Å². The maximum Gasteiger partial charge on any atom is 0.255 e. The molecule has 2 N–H and O–H groups in total. The predicted octanol–water partition coefficient (Wildman–Crippen LogP) is 4.52. The van der Waals surface area contributed by atoms with Crippen LogP contribution in [0.4, 0.5) is 17.1 Å². The van der Waals surface area contributed by atoms with E-state index in [1.54, 1.807) is 72.8 Å². The number of anilines is 3. The van der Waals surface area contributed by atoms with Crippen LogP contribution in [0.5, 0.6) is 0 Å². The lowest BCUT2D eigenvalue weighted by Crippen LogP contribution is -2.29. The molecule has 0 aromatic heterocycles. The number of carbonyl (C=O) groups is 2. The van der Waals surface area contributed by atoms with Crippen LogP contribution in [0.3, 0.4) is 0 Å². The average molecular weight is 472 g/mol. The van der Waals surface area contributed by atoms with E-state index in [9.17, 15) is 18.0 Å². The van der Waals surface area contributed by atoms with Crippen molar-refractivity contribution in [2.24, 2.45) is 0 Å². The first-order chi connectivity index (χ1) is 15.1. The van der Waals surface area contributed by atoms with Crippen LogP contribution < -0.4 is 14.9 Å². The monoisotopic (exact) mass is 471 g/mol. The Morgan fingerprint density at radius 1 is 0.875 bits per heavy atom. The number of amides is 2. The zero-order valence-corrected chi connectivity index (χ0v) is 19.1. The number of hydrogen-bond donors (Lipinski definition) is 2. The lowest BCUT2D eigenvalue weighted by Gasteiger charge is -2.23. The SMILES string of the molecule is CC(=O)Nc1ccc(NC(=O)c2ccc(N(Cc3ccccc3Cl)S(C)(=O)=O)cc2)cc1. The third-order valence-corrected chi connectivity index (χ3v) is 6.06. The summed E-state index contributed by atoms with van der Waals surface area (Å²) < 4.78 is 26.0. The molecule has 0 atom stereocenters. The molecule has 166 valence electrons. The topological polar surface area (TPSA) is 95.6 Å². The first kappa shape index (κ1) is 23.3. The van der Waals surface area contributed by atoms with Gasteiger partial charge in [0.2, 0.25) is 15.9 Å². The molecule has 0 aliphatic rings. The van der Waals surface area contributed by atoms with E-state index in [1.165, 1.54) is 11.2 Å². The Bertz CT molecular complexity index is 1230. The minimum absolute atomic E-state index is 0.0741. The van der Waals surface area contributed by atoms with Gasteiger partial charge in [0.05, 0.1) is 18.5 Å². The summed E-state index contributed by atoms with van der Waals surface area (Å²) >= 11 is 6.19. The zero-order valence-electron chi connectivity index (χ0n) is 17.5. The van der Waals surface area contributed by atoms with E-state index >= 15 is 0 Å². The summed E-state index contributed by atoms with van der Waals surface area (Å²) in [5.41, 5.74) is 2.64. The highest BCUT2D eigenvalue weighted by atomic mass is 35.5. The number of nitrogens with one attached hydrogen (secondary N) is 2. The molecule has 0 saturated heterocycles. The lowest BCUT2D eigenvalue weighted by atomic mass is 10.1. The third kappa shape index (κ3) is 6.09. The number of hydrogen-bond acceptors (Lipinski definition) is 4. The smallest absolute Gasteiger partial charge is 0.255 e. The van der Waals surface area contributed by atoms with Gasteiger partial charge in [0.15, 0.2) is 0 Å². The van der Waals surface area contributed by atoms with Gasteiger partial charge in [-0.2, -0.15) is 0 Å². The number of rotatable bonds is 7. The molecule has 32 heavy (non-hydrogen) atoms. The van der Waals surface area contributed by atoms with E-state index in [0.717, 1.165) is 6.26 Å². The van der Waals surface area contributed by atoms with E-state index in [0.29, 0.717) is 33.2 Å². The number of halogens is 1. The molecule has 0 radical (unpaired) electrons. The Labute approximate surface area is 192 Å². The summed E-state index contributed by atoms with van der Waals surface area (Å²) in [4.78, 5) is 23.6. The molecule has 0 aliphatic heterocycles. The summed E-state index contributed by atoms with van der Waals surface area (Å²) in [6.45, 7) is 1.49. The first-order valence-electron chi connectivity index (χ1n) is 9.63. The van der Waals surface area contributed by atoms with E-state index in [1.807, 2.05) is 0 Å². The minimum Gasteiger partial charge on any atom is -0.326 e. The molecular formula is C23H22ClN3O4S. The second-order valence-electron chi connectivity index (χ2n) is 7.12. The fourth-order valence-electron chi connectivity index (χ4n) is 3.00. The van der Waals surface area contributed by atoms with Crippen molar-refractivity contribution < 1.29 is 18.0 Å². The molecule has 3 aromatic carbocycles. The Balaban J connectivity index is 1.75. The van der Waals surface area contributed by atoms with Gasteiger partial charge in [-0.25, -0.2) is 8.42 Å². The van der Waals surface area contributed by atoms with Crippen LogP contribution in [0, 0.1) is 0 Å². The van der Waals surface area contributed by atoms with Gasteiger partial charge >= 0.3 is 0 Å². The summed E-state index contributed by atoms with van der Waals surface area (Å²) in [6, 6.07) is 20.0. The van der Waals surface area contributed by atoms with Gasteiger partial charge in [0, 0.05) is 28.9 Å². The van der Waals surface area contributed by atoms with E-state index < -0.39 is 10.0 Å². The van der Waals surface area contributed by atoms with Gasteiger partial charge in [0.1, 0.15) is 0 Å². The second kappa shape index (κ2) is 9.84. The minimum atomic E-state index is -3.58. The van der Waals surface area contributed by atoms with Crippen LogP contribution in [-0.4, -0.2) is 26.5 Å². The van der Waals surface area contributed by atoms with E-state index in [2.05, 4.69) is 10.6 Å². The van der Waals surface area contributed by atoms with Crippen LogP contribution in [0.2, 0.25) is 5.02 Å². The molecule has 0 saturated carbocycles. The number of carbonyl (C=O) groups excluding carboxylic acids is 2. The molecule has 7 nitrogen and oxygen atoms in total. The molecule has 2 amide bonds. The van der Waals surface area contributed by atoms with Crippen molar-refractivity contribution >= 4 is 50.5 Å². The third-order valence-electron chi connectivity index (χ3n) is 4.55. The predicted molar refractivity (Wildman–Crippen MR) is 128 cm³/mol. The van der Waals surface area contributed by atoms with E-state index in [-0.39, 0.29) is 18.4 Å². The number of sulfonamides is 1. The van der Waals surface area contributed by atoms with Gasteiger partial charge in [-0.05, 0) is 60.2 Å². The molecular weight excluding hydrogens is 450 g/mol. The van der Waals surface area contributed by atoms with Crippen molar-refractivity contribution in [2.75, 3.05) is 21.2 Å². The van der Waals surface area contributed by atoms with Crippen molar-refractivity contribution in [3.63, 3.8) is 0 Å². The van der Waals surface area contributed by atoms with Crippen molar-refractivity contribution in [2.45, 2.75) is 13.5 Å². The van der Waals surface area contributed by atoms with Crippen LogP contribution in [-0.2, 0) is 21.4 Å². The van der Waals surface area contributed by atoms with Crippen molar-refractivity contribution in [1.29, 1.82) is 0 Å². The molecule has 3 rings (SSSR count). The molecule has 0 aliphatic carbocycles. The summed E-state index contributed by atoms with van der Waals surface area (Å²) in [5.74, 6) is -0.527. The Kier molecular flexibility index (Phi) is 7.17. The molecule has 0 heterocycles. The van der Waals surface area contributed by atoms with Gasteiger partial charge in [-0.15, -0.1) is 0 Å². The highest BCUT2D eigenvalue weighted by Crippen LogP contribution is 2.25. The average Bonchev–Trinajstić information content (AvgIpc) is 2.73. The van der Waals surface area contributed by atoms with Crippen LogP contribution >= 0.6 is 11.6 Å². The van der Waals surface area contributed by atoms with Crippen molar-refractivity contribution in [3.8, 4) is 0 Å². The Morgan fingerprint density at radius 3 is 1.97 bits per heavy atom. The van der Waals surface area contributed by atoms with Crippen molar-refractivity contribution in [1.82, 2.24) is 0 Å². The van der Waals surface area contributed by atoms with Gasteiger partial charge < -0.3 is 10.6 Å².